The van der Waals surface area contributed by atoms with Gasteiger partial charge in [0.05, 0.1) is 0 Å². The molecule has 110 valence electrons. The smallest absolute Gasteiger partial charge is 0.0249 e. The summed E-state index contributed by atoms with van der Waals surface area (Å²) in [5, 5.41) is 3.84. The van der Waals surface area contributed by atoms with Crippen LogP contribution in [0.1, 0.15) is 50.5 Å². The number of piperidine rings is 1. The summed E-state index contributed by atoms with van der Waals surface area (Å²) < 4.78 is 0. The van der Waals surface area contributed by atoms with Crippen molar-refractivity contribution in [3.8, 4) is 0 Å². The first-order valence-electron chi connectivity index (χ1n) is 8.37. The molecule has 2 saturated heterocycles. The third-order valence-corrected chi connectivity index (χ3v) is 5.21. The summed E-state index contributed by atoms with van der Waals surface area (Å²) in [5.41, 5.74) is 1.47. The molecule has 1 N–H and O–H groups in total. The van der Waals surface area contributed by atoms with Crippen LogP contribution in [-0.4, -0.2) is 36.6 Å². The van der Waals surface area contributed by atoms with E-state index in [4.69, 9.17) is 0 Å². The summed E-state index contributed by atoms with van der Waals surface area (Å²) in [6, 6.07) is 12.5. The minimum absolute atomic E-state index is 0.660. The number of hydrogen-bond acceptors (Lipinski definition) is 2. The van der Waals surface area contributed by atoms with Gasteiger partial charge in [-0.25, -0.2) is 0 Å². The highest BCUT2D eigenvalue weighted by Gasteiger charge is 2.34. The average molecular weight is 272 g/mol. The fraction of sp³-hybridized carbons (Fsp3) is 0.667. The Bertz CT molecular complexity index is 403. The van der Waals surface area contributed by atoms with Crippen LogP contribution in [-0.2, 0) is 0 Å². The number of rotatable bonds is 5. The zero-order valence-electron chi connectivity index (χ0n) is 12.7. The van der Waals surface area contributed by atoms with Crippen molar-refractivity contribution in [2.45, 2.75) is 57.0 Å². The molecule has 3 atom stereocenters. The van der Waals surface area contributed by atoms with Gasteiger partial charge in [-0.1, -0.05) is 43.7 Å². The Morgan fingerprint density at radius 2 is 2.00 bits per heavy atom. The largest absolute Gasteiger partial charge is 0.312 e. The quantitative estimate of drug-likeness (QED) is 0.884. The normalized spacial score (nSPS) is 28.2. The fourth-order valence-electron chi connectivity index (χ4n) is 3.92. The third-order valence-electron chi connectivity index (χ3n) is 5.21. The highest BCUT2D eigenvalue weighted by molar-refractivity contribution is 5.18. The Morgan fingerprint density at radius 3 is 2.85 bits per heavy atom. The molecule has 2 fully saturated rings. The molecule has 20 heavy (non-hydrogen) atoms. The van der Waals surface area contributed by atoms with Crippen LogP contribution in [0.3, 0.4) is 0 Å². The van der Waals surface area contributed by atoms with Gasteiger partial charge in [-0.3, -0.25) is 4.90 Å². The van der Waals surface area contributed by atoms with E-state index in [0.717, 1.165) is 18.6 Å². The molecule has 3 unspecified atom stereocenters. The van der Waals surface area contributed by atoms with Crippen LogP contribution in [0.5, 0.6) is 0 Å². The highest BCUT2D eigenvalue weighted by atomic mass is 15.2. The standard InChI is InChI=1S/C18H28N2/c1-15(16-7-3-2-4-8-16)10-12-19-17-11-14-20-13-6-5-9-18(17)20/h2-4,7-8,15,17-19H,5-6,9-14H2,1H3. The maximum absolute atomic E-state index is 3.84. The molecule has 0 radical (unpaired) electrons. The second kappa shape index (κ2) is 6.73. The Labute approximate surface area is 123 Å². The molecule has 2 nitrogen and oxygen atoms in total. The van der Waals surface area contributed by atoms with E-state index >= 15 is 0 Å². The zero-order chi connectivity index (χ0) is 13.8. The predicted octanol–water partition coefficient (Wildman–Crippen LogP) is 3.40. The summed E-state index contributed by atoms with van der Waals surface area (Å²) in [7, 11) is 0. The second-order valence-corrected chi connectivity index (χ2v) is 6.55. The molecular weight excluding hydrogens is 244 g/mol. The lowest BCUT2D eigenvalue weighted by atomic mass is 9.96. The van der Waals surface area contributed by atoms with Crippen LogP contribution in [0.25, 0.3) is 0 Å². The monoisotopic (exact) mass is 272 g/mol. The van der Waals surface area contributed by atoms with Crippen molar-refractivity contribution in [1.82, 2.24) is 10.2 Å². The molecule has 3 rings (SSSR count). The van der Waals surface area contributed by atoms with E-state index in [1.807, 2.05) is 0 Å². The summed E-state index contributed by atoms with van der Waals surface area (Å²) in [4.78, 5) is 2.71. The lowest BCUT2D eigenvalue weighted by molar-refractivity contribution is 0.180. The van der Waals surface area contributed by atoms with Gasteiger partial charge in [0.25, 0.3) is 0 Å². The van der Waals surface area contributed by atoms with Crippen LogP contribution in [0.15, 0.2) is 30.3 Å². The molecule has 0 amide bonds. The molecule has 0 bridgehead atoms. The number of nitrogens with zero attached hydrogens (tertiary/aromatic N) is 1. The molecule has 1 aromatic rings. The lowest BCUT2D eigenvalue weighted by Gasteiger charge is -2.32. The van der Waals surface area contributed by atoms with Crippen molar-refractivity contribution in [3.05, 3.63) is 35.9 Å². The Hall–Kier alpha value is -0.860. The van der Waals surface area contributed by atoms with E-state index < -0.39 is 0 Å². The van der Waals surface area contributed by atoms with Crippen LogP contribution in [0, 0.1) is 0 Å². The Balaban J connectivity index is 1.44. The summed E-state index contributed by atoms with van der Waals surface area (Å²) >= 11 is 0. The van der Waals surface area contributed by atoms with Crippen molar-refractivity contribution in [1.29, 1.82) is 0 Å². The molecular formula is C18H28N2. The predicted molar refractivity (Wildman–Crippen MR) is 85.1 cm³/mol. The molecule has 0 saturated carbocycles. The van der Waals surface area contributed by atoms with Gasteiger partial charge in [-0.05, 0) is 50.3 Å². The van der Waals surface area contributed by atoms with Gasteiger partial charge in [0.15, 0.2) is 0 Å². The lowest BCUT2D eigenvalue weighted by Crippen LogP contribution is -2.45. The van der Waals surface area contributed by atoms with Gasteiger partial charge in [-0.2, -0.15) is 0 Å². The van der Waals surface area contributed by atoms with Gasteiger partial charge in [0, 0.05) is 18.6 Å². The number of hydrogen-bond donors (Lipinski definition) is 1. The SMILES string of the molecule is CC(CCNC1CCN2CCCCC12)c1ccccc1. The van der Waals surface area contributed by atoms with Crippen LogP contribution in [0.4, 0.5) is 0 Å². The van der Waals surface area contributed by atoms with Gasteiger partial charge in [0.1, 0.15) is 0 Å². The van der Waals surface area contributed by atoms with E-state index in [0.29, 0.717) is 5.92 Å². The molecule has 2 heteroatoms. The molecule has 0 spiro atoms. The summed E-state index contributed by atoms with van der Waals surface area (Å²) in [6.45, 7) is 6.16. The first kappa shape index (κ1) is 14.1. The van der Waals surface area contributed by atoms with Gasteiger partial charge >= 0.3 is 0 Å². The maximum Gasteiger partial charge on any atom is 0.0249 e. The first-order chi connectivity index (χ1) is 9.84. The zero-order valence-corrected chi connectivity index (χ0v) is 12.7. The van der Waals surface area contributed by atoms with Crippen molar-refractivity contribution in [2.75, 3.05) is 19.6 Å². The van der Waals surface area contributed by atoms with Crippen LogP contribution < -0.4 is 5.32 Å². The van der Waals surface area contributed by atoms with Gasteiger partial charge in [0.2, 0.25) is 0 Å². The minimum atomic E-state index is 0.660. The second-order valence-electron chi connectivity index (χ2n) is 6.55. The summed E-state index contributed by atoms with van der Waals surface area (Å²) in [5.74, 6) is 0.660. The molecule has 2 aliphatic rings. The van der Waals surface area contributed by atoms with Crippen molar-refractivity contribution in [3.63, 3.8) is 0 Å². The van der Waals surface area contributed by atoms with E-state index in [1.54, 1.807) is 0 Å². The third kappa shape index (κ3) is 3.24. The van der Waals surface area contributed by atoms with E-state index in [2.05, 4.69) is 47.5 Å². The van der Waals surface area contributed by atoms with Crippen molar-refractivity contribution < 1.29 is 0 Å². The fourth-order valence-corrected chi connectivity index (χ4v) is 3.92. The van der Waals surface area contributed by atoms with Gasteiger partial charge < -0.3 is 5.32 Å². The Morgan fingerprint density at radius 1 is 1.15 bits per heavy atom. The number of benzene rings is 1. The molecule has 1 aromatic carbocycles. The van der Waals surface area contributed by atoms with E-state index in [9.17, 15) is 0 Å². The molecule has 0 aliphatic carbocycles. The minimum Gasteiger partial charge on any atom is -0.312 e. The number of fused-ring (bicyclic) bond motifs is 1. The topological polar surface area (TPSA) is 15.3 Å². The summed E-state index contributed by atoms with van der Waals surface area (Å²) in [6.07, 6.45) is 6.84. The molecule has 2 heterocycles. The molecule has 2 aliphatic heterocycles. The van der Waals surface area contributed by atoms with E-state index in [1.165, 1.54) is 50.8 Å². The van der Waals surface area contributed by atoms with Crippen molar-refractivity contribution in [2.24, 2.45) is 0 Å². The Kier molecular flexibility index (Phi) is 4.74. The van der Waals surface area contributed by atoms with Crippen LogP contribution in [0.2, 0.25) is 0 Å². The van der Waals surface area contributed by atoms with Crippen molar-refractivity contribution >= 4 is 0 Å². The first-order valence-corrected chi connectivity index (χ1v) is 8.37. The van der Waals surface area contributed by atoms with Crippen LogP contribution >= 0.6 is 0 Å². The maximum atomic E-state index is 3.84. The number of nitrogens with one attached hydrogen (secondary N) is 1. The average Bonchev–Trinajstić information content (AvgIpc) is 2.92. The highest BCUT2D eigenvalue weighted by Crippen LogP contribution is 2.27. The van der Waals surface area contributed by atoms with E-state index in [-0.39, 0.29) is 0 Å². The molecule has 0 aromatic heterocycles. The van der Waals surface area contributed by atoms with Gasteiger partial charge in [-0.15, -0.1) is 0 Å².